The lowest BCUT2D eigenvalue weighted by atomic mass is 10.0. The first kappa shape index (κ1) is 16.2. The quantitative estimate of drug-likeness (QED) is 0.774. The van der Waals surface area contributed by atoms with E-state index in [0.29, 0.717) is 26.2 Å². The van der Waals surface area contributed by atoms with Gasteiger partial charge in [0.25, 0.3) is 10.2 Å². The van der Waals surface area contributed by atoms with Gasteiger partial charge in [0.1, 0.15) is 0 Å². The molecule has 118 valence electrons. The fourth-order valence-corrected chi connectivity index (χ4v) is 4.76. The number of aliphatic hydroxyl groups is 1. The largest absolute Gasteiger partial charge is 0.396 e. The van der Waals surface area contributed by atoms with E-state index in [1.165, 1.54) is 0 Å². The molecule has 1 unspecified atom stereocenters. The monoisotopic (exact) mass is 305 g/mol. The molecule has 0 amide bonds. The first-order valence-corrected chi connectivity index (χ1v) is 9.06. The maximum Gasteiger partial charge on any atom is 0.282 e. The predicted molar refractivity (Wildman–Crippen MR) is 78.6 cm³/mol. The standard InChI is InChI=1S/C13H27N3O3S/c1-2-5-14-7-9-15(10-8-14)20(18,19)16-6-3-4-13(11-16)12-17/h13,17H,2-12H2,1H3. The molecule has 2 rings (SSSR count). The summed E-state index contributed by atoms with van der Waals surface area (Å²) in [6.45, 7) is 7.15. The van der Waals surface area contributed by atoms with Crippen molar-refractivity contribution < 1.29 is 13.5 Å². The molecule has 0 spiro atoms. The fourth-order valence-electron chi connectivity index (χ4n) is 3.05. The van der Waals surface area contributed by atoms with Crippen LogP contribution >= 0.6 is 0 Å². The van der Waals surface area contributed by atoms with E-state index in [1.54, 1.807) is 8.61 Å². The second-order valence-corrected chi connectivity index (χ2v) is 7.73. The summed E-state index contributed by atoms with van der Waals surface area (Å²) in [5, 5.41) is 9.24. The van der Waals surface area contributed by atoms with Crippen LogP contribution in [-0.2, 0) is 10.2 Å². The van der Waals surface area contributed by atoms with E-state index in [-0.39, 0.29) is 12.5 Å². The Balaban J connectivity index is 1.93. The van der Waals surface area contributed by atoms with Gasteiger partial charge in [-0.1, -0.05) is 6.92 Å². The van der Waals surface area contributed by atoms with Crippen LogP contribution in [0.5, 0.6) is 0 Å². The summed E-state index contributed by atoms with van der Waals surface area (Å²) in [4.78, 5) is 2.32. The van der Waals surface area contributed by atoms with Gasteiger partial charge < -0.3 is 10.0 Å². The number of hydrogen-bond acceptors (Lipinski definition) is 4. The van der Waals surface area contributed by atoms with Crippen molar-refractivity contribution in [3.63, 3.8) is 0 Å². The molecule has 7 heteroatoms. The number of hydrogen-bond donors (Lipinski definition) is 1. The van der Waals surface area contributed by atoms with E-state index in [9.17, 15) is 13.5 Å². The Morgan fingerprint density at radius 1 is 1.10 bits per heavy atom. The van der Waals surface area contributed by atoms with Crippen molar-refractivity contribution >= 4 is 10.2 Å². The Hall–Kier alpha value is -0.210. The zero-order chi connectivity index (χ0) is 14.6. The van der Waals surface area contributed by atoms with Crippen LogP contribution in [0, 0.1) is 5.92 Å². The summed E-state index contributed by atoms with van der Waals surface area (Å²) in [6.07, 6.45) is 2.88. The third-order valence-electron chi connectivity index (χ3n) is 4.26. The van der Waals surface area contributed by atoms with Gasteiger partial charge in [-0.3, -0.25) is 0 Å². The zero-order valence-corrected chi connectivity index (χ0v) is 13.2. The number of piperidine rings is 1. The minimum absolute atomic E-state index is 0.0797. The Morgan fingerprint density at radius 3 is 2.40 bits per heavy atom. The van der Waals surface area contributed by atoms with E-state index >= 15 is 0 Å². The minimum atomic E-state index is -3.34. The number of piperazine rings is 1. The maximum atomic E-state index is 12.6. The summed E-state index contributed by atoms with van der Waals surface area (Å²) in [6, 6.07) is 0. The van der Waals surface area contributed by atoms with E-state index in [0.717, 1.165) is 38.9 Å². The second-order valence-electron chi connectivity index (χ2n) is 5.80. The lowest BCUT2D eigenvalue weighted by Crippen LogP contribution is -2.54. The third-order valence-corrected chi connectivity index (χ3v) is 6.27. The molecule has 2 aliphatic heterocycles. The van der Waals surface area contributed by atoms with Crippen LogP contribution in [0.2, 0.25) is 0 Å². The van der Waals surface area contributed by atoms with Crippen LogP contribution in [0.3, 0.4) is 0 Å². The molecule has 0 saturated carbocycles. The molecule has 0 aromatic rings. The molecule has 1 N–H and O–H groups in total. The third kappa shape index (κ3) is 3.71. The molecule has 0 radical (unpaired) electrons. The van der Waals surface area contributed by atoms with Crippen molar-refractivity contribution in [1.29, 1.82) is 0 Å². The summed E-state index contributed by atoms with van der Waals surface area (Å²) in [5.41, 5.74) is 0. The molecule has 0 bridgehead atoms. The lowest BCUT2D eigenvalue weighted by Gasteiger charge is -2.39. The lowest BCUT2D eigenvalue weighted by molar-refractivity contribution is 0.150. The molecule has 2 saturated heterocycles. The van der Waals surface area contributed by atoms with Crippen LogP contribution < -0.4 is 0 Å². The van der Waals surface area contributed by atoms with Gasteiger partial charge in [-0.15, -0.1) is 0 Å². The molecular weight excluding hydrogens is 278 g/mol. The summed E-state index contributed by atoms with van der Waals surface area (Å²) < 4.78 is 28.4. The van der Waals surface area contributed by atoms with Crippen molar-refractivity contribution in [1.82, 2.24) is 13.5 Å². The predicted octanol–water partition coefficient (Wildman–Crippen LogP) is -0.0369. The van der Waals surface area contributed by atoms with Crippen LogP contribution in [-0.4, -0.2) is 79.5 Å². The minimum Gasteiger partial charge on any atom is -0.396 e. The Bertz CT molecular complexity index is 394. The molecular formula is C13H27N3O3S. The van der Waals surface area contributed by atoms with E-state index in [1.807, 2.05) is 0 Å². The first-order valence-electron chi connectivity index (χ1n) is 7.66. The highest BCUT2D eigenvalue weighted by Gasteiger charge is 2.34. The molecule has 0 aliphatic carbocycles. The van der Waals surface area contributed by atoms with Crippen molar-refractivity contribution in [3.8, 4) is 0 Å². The van der Waals surface area contributed by atoms with Gasteiger partial charge in [0.05, 0.1) is 0 Å². The zero-order valence-electron chi connectivity index (χ0n) is 12.4. The van der Waals surface area contributed by atoms with Crippen molar-refractivity contribution in [2.24, 2.45) is 5.92 Å². The number of rotatable bonds is 5. The molecule has 2 fully saturated rings. The van der Waals surface area contributed by atoms with Crippen LogP contribution in [0.4, 0.5) is 0 Å². The molecule has 1 atom stereocenters. The first-order chi connectivity index (χ1) is 9.57. The highest BCUT2D eigenvalue weighted by molar-refractivity contribution is 7.86. The highest BCUT2D eigenvalue weighted by atomic mass is 32.2. The van der Waals surface area contributed by atoms with Crippen molar-refractivity contribution in [2.45, 2.75) is 26.2 Å². The van der Waals surface area contributed by atoms with Gasteiger partial charge in [-0.2, -0.15) is 17.0 Å². The van der Waals surface area contributed by atoms with E-state index in [2.05, 4.69) is 11.8 Å². The molecule has 6 nitrogen and oxygen atoms in total. The van der Waals surface area contributed by atoms with Gasteiger partial charge in [-0.25, -0.2) is 0 Å². The van der Waals surface area contributed by atoms with Gasteiger partial charge in [0.2, 0.25) is 0 Å². The van der Waals surface area contributed by atoms with Gasteiger partial charge in [-0.05, 0) is 31.7 Å². The Labute approximate surface area is 122 Å². The molecule has 2 aliphatic rings. The fraction of sp³-hybridized carbons (Fsp3) is 1.00. The summed E-state index contributed by atoms with van der Waals surface area (Å²) in [7, 11) is -3.34. The van der Waals surface area contributed by atoms with E-state index < -0.39 is 10.2 Å². The van der Waals surface area contributed by atoms with E-state index in [4.69, 9.17) is 0 Å². The maximum absolute atomic E-state index is 12.6. The second kappa shape index (κ2) is 7.17. The topological polar surface area (TPSA) is 64.1 Å². The number of nitrogens with zero attached hydrogens (tertiary/aromatic N) is 3. The average Bonchev–Trinajstić information content (AvgIpc) is 2.48. The molecule has 20 heavy (non-hydrogen) atoms. The normalized spacial score (nSPS) is 27.8. The van der Waals surface area contributed by atoms with Crippen LogP contribution in [0.1, 0.15) is 26.2 Å². The Morgan fingerprint density at radius 2 is 1.80 bits per heavy atom. The summed E-state index contributed by atoms with van der Waals surface area (Å²) in [5.74, 6) is 0.0971. The van der Waals surface area contributed by atoms with Crippen molar-refractivity contribution in [2.75, 3.05) is 52.4 Å². The molecule has 0 aromatic carbocycles. The smallest absolute Gasteiger partial charge is 0.282 e. The Kier molecular flexibility index (Phi) is 5.80. The molecule has 2 heterocycles. The summed E-state index contributed by atoms with van der Waals surface area (Å²) >= 11 is 0. The highest BCUT2D eigenvalue weighted by Crippen LogP contribution is 2.21. The SMILES string of the molecule is CCCN1CCN(S(=O)(=O)N2CCCC(CO)C2)CC1. The van der Waals surface area contributed by atoms with Gasteiger partial charge >= 0.3 is 0 Å². The van der Waals surface area contributed by atoms with Gasteiger partial charge in [0.15, 0.2) is 0 Å². The van der Waals surface area contributed by atoms with Crippen LogP contribution in [0.25, 0.3) is 0 Å². The average molecular weight is 305 g/mol. The van der Waals surface area contributed by atoms with Crippen molar-refractivity contribution in [3.05, 3.63) is 0 Å². The van der Waals surface area contributed by atoms with Crippen LogP contribution in [0.15, 0.2) is 0 Å². The molecule has 0 aromatic heterocycles. The van der Waals surface area contributed by atoms with Gasteiger partial charge in [0, 0.05) is 45.9 Å². The number of aliphatic hydroxyl groups excluding tert-OH is 1.